The number of aromatic carboxylic acids is 1. The average molecular weight is 266 g/mol. The maximum absolute atomic E-state index is 13.1. The second-order valence-corrected chi connectivity index (χ2v) is 4.52. The minimum absolute atomic E-state index is 0.0103. The molecule has 0 atom stereocenters. The molecule has 1 aromatic rings. The number of hydrogen-bond acceptors (Lipinski definition) is 3. The number of carbonyl (C=O) groups is 2. The van der Waals surface area contributed by atoms with E-state index in [2.05, 4.69) is 10.6 Å². The van der Waals surface area contributed by atoms with E-state index in [0.717, 1.165) is 31.0 Å². The topological polar surface area (TPSA) is 78.4 Å². The molecule has 5 nitrogen and oxygen atoms in total. The quantitative estimate of drug-likeness (QED) is 0.731. The molecule has 19 heavy (non-hydrogen) atoms. The number of benzene rings is 1. The van der Waals surface area contributed by atoms with E-state index < -0.39 is 11.8 Å². The molecular weight excluding hydrogens is 251 g/mol. The van der Waals surface area contributed by atoms with E-state index in [4.69, 9.17) is 5.11 Å². The van der Waals surface area contributed by atoms with Gasteiger partial charge < -0.3 is 15.7 Å². The summed E-state index contributed by atoms with van der Waals surface area (Å²) in [5.41, 5.74) is -0.131. The molecule has 3 N–H and O–H groups in total. The van der Waals surface area contributed by atoms with Crippen molar-refractivity contribution in [2.45, 2.75) is 25.3 Å². The molecule has 0 aromatic heterocycles. The molecule has 1 fully saturated rings. The van der Waals surface area contributed by atoms with Crippen LogP contribution in [0.25, 0.3) is 0 Å². The van der Waals surface area contributed by atoms with E-state index >= 15 is 0 Å². The second kappa shape index (κ2) is 5.79. The van der Waals surface area contributed by atoms with Gasteiger partial charge in [0.1, 0.15) is 5.82 Å². The lowest BCUT2D eigenvalue weighted by atomic mass is 10.1. The number of anilines is 1. The number of hydrogen-bond donors (Lipinski definition) is 3. The maximum atomic E-state index is 13.1. The smallest absolute Gasteiger partial charge is 0.337 e. The van der Waals surface area contributed by atoms with Crippen molar-refractivity contribution in [1.82, 2.24) is 5.32 Å². The van der Waals surface area contributed by atoms with Crippen LogP contribution in [0, 0.1) is 5.82 Å². The predicted octanol–water partition coefficient (Wildman–Crippen LogP) is 1.60. The first-order valence-corrected chi connectivity index (χ1v) is 6.12. The minimum atomic E-state index is -1.20. The van der Waals surface area contributed by atoms with Gasteiger partial charge in [0.05, 0.1) is 11.3 Å². The fraction of sp³-hybridized carbons (Fsp3) is 0.385. The van der Waals surface area contributed by atoms with Crippen LogP contribution in [0.15, 0.2) is 18.2 Å². The second-order valence-electron chi connectivity index (χ2n) is 4.52. The van der Waals surface area contributed by atoms with Gasteiger partial charge in [0, 0.05) is 19.0 Å². The van der Waals surface area contributed by atoms with Crippen molar-refractivity contribution < 1.29 is 19.1 Å². The van der Waals surface area contributed by atoms with Crippen molar-refractivity contribution in [2.24, 2.45) is 0 Å². The average Bonchev–Trinajstić information content (AvgIpc) is 3.12. The number of amides is 1. The SMILES string of the molecule is O=C(CCNC1CC1)Nc1cc(F)ccc1C(=O)O. The lowest BCUT2D eigenvalue weighted by Crippen LogP contribution is -2.23. The standard InChI is InChI=1S/C13H15FN2O3/c14-8-1-4-10(13(18)19)11(7-8)16-12(17)5-6-15-9-2-3-9/h1,4,7,9,15H,2-3,5-6H2,(H,16,17)(H,18,19). The van der Waals surface area contributed by atoms with E-state index in [0.29, 0.717) is 12.6 Å². The highest BCUT2D eigenvalue weighted by Gasteiger charge is 2.20. The van der Waals surface area contributed by atoms with Crippen LogP contribution >= 0.6 is 0 Å². The molecule has 1 aliphatic rings. The molecule has 0 radical (unpaired) electrons. The van der Waals surface area contributed by atoms with Crippen molar-refractivity contribution in [3.05, 3.63) is 29.6 Å². The Labute approximate surface area is 109 Å². The maximum Gasteiger partial charge on any atom is 0.337 e. The van der Waals surface area contributed by atoms with Gasteiger partial charge in [-0.15, -0.1) is 0 Å². The number of rotatable bonds is 6. The summed E-state index contributed by atoms with van der Waals surface area (Å²) in [6, 6.07) is 3.70. The molecule has 0 saturated heterocycles. The highest BCUT2D eigenvalue weighted by Crippen LogP contribution is 2.19. The van der Waals surface area contributed by atoms with E-state index in [1.54, 1.807) is 0 Å². The molecule has 0 unspecified atom stereocenters. The fourth-order valence-corrected chi connectivity index (χ4v) is 1.70. The van der Waals surface area contributed by atoms with Gasteiger partial charge in [0.15, 0.2) is 0 Å². The van der Waals surface area contributed by atoms with Crippen molar-refractivity contribution in [2.75, 3.05) is 11.9 Å². The molecule has 1 aliphatic carbocycles. The highest BCUT2D eigenvalue weighted by atomic mass is 19.1. The predicted molar refractivity (Wildman–Crippen MR) is 67.6 cm³/mol. The zero-order valence-corrected chi connectivity index (χ0v) is 10.3. The summed E-state index contributed by atoms with van der Waals surface area (Å²) < 4.78 is 13.1. The first-order valence-electron chi connectivity index (χ1n) is 6.12. The van der Waals surface area contributed by atoms with Gasteiger partial charge in [-0.25, -0.2) is 9.18 Å². The number of carboxylic acids is 1. The lowest BCUT2D eigenvalue weighted by molar-refractivity contribution is -0.116. The summed E-state index contributed by atoms with van der Waals surface area (Å²) in [5, 5.41) is 14.5. The molecule has 0 spiro atoms. The van der Waals surface area contributed by atoms with Crippen LogP contribution in [0.4, 0.5) is 10.1 Å². The van der Waals surface area contributed by atoms with Gasteiger partial charge in [-0.2, -0.15) is 0 Å². The molecule has 0 heterocycles. The van der Waals surface area contributed by atoms with Gasteiger partial charge in [0.25, 0.3) is 0 Å². The molecule has 1 aromatic carbocycles. The zero-order chi connectivity index (χ0) is 13.8. The van der Waals surface area contributed by atoms with Gasteiger partial charge >= 0.3 is 5.97 Å². The highest BCUT2D eigenvalue weighted by molar-refractivity contribution is 6.00. The Morgan fingerprint density at radius 3 is 2.74 bits per heavy atom. The molecule has 0 aliphatic heterocycles. The summed E-state index contributed by atoms with van der Waals surface area (Å²) in [5.74, 6) is -2.12. The van der Waals surface area contributed by atoms with Gasteiger partial charge in [-0.3, -0.25) is 4.79 Å². The number of carbonyl (C=O) groups excluding carboxylic acids is 1. The number of halogens is 1. The van der Waals surface area contributed by atoms with E-state index in [1.165, 1.54) is 0 Å². The summed E-state index contributed by atoms with van der Waals surface area (Å²) >= 11 is 0. The third-order valence-corrected chi connectivity index (χ3v) is 2.85. The van der Waals surface area contributed by atoms with Crippen LogP contribution in [0.1, 0.15) is 29.6 Å². The molecule has 1 saturated carbocycles. The van der Waals surface area contributed by atoms with Crippen LogP contribution in [0.5, 0.6) is 0 Å². The Kier molecular flexibility index (Phi) is 4.11. The third kappa shape index (κ3) is 4.03. The molecule has 0 bridgehead atoms. The largest absolute Gasteiger partial charge is 0.478 e. The molecule has 6 heteroatoms. The van der Waals surface area contributed by atoms with Crippen LogP contribution in [0.3, 0.4) is 0 Å². The van der Waals surface area contributed by atoms with Crippen LogP contribution < -0.4 is 10.6 Å². The Balaban J connectivity index is 1.94. The monoisotopic (exact) mass is 266 g/mol. The van der Waals surface area contributed by atoms with E-state index in [1.807, 2.05) is 0 Å². The molecule has 1 amide bonds. The van der Waals surface area contributed by atoms with Crippen molar-refractivity contribution in [3.63, 3.8) is 0 Å². The van der Waals surface area contributed by atoms with E-state index in [9.17, 15) is 14.0 Å². The van der Waals surface area contributed by atoms with Gasteiger partial charge in [0.2, 0.25) is 5.91 Å². The Hall–Kier alpha value is -1.95. The van der Waals surface area contributed by atoms with Crippen molar-refractivity contribution in [3.8, 4) is 0 Å². The fourth-order valence-electron chi connectivity index (χ4n) is 1.70. The van der Waals surface area contributed by atoms with Crippen LogP contribution in [-0.2, 0) is 4.79 Å². The summed E-state index contributed by atoms with van der Waals surface area (Å²) in [4.78, 5) is 22.6. The van der Waals surface area contributed by atoms with Crippen LogP contribution in [-0.4, -0.2) is 29.6 Å². The lowest BCUT2D eigenvalue weighted by Gasteiger charge is -2.09. The molecule has 102 valence electrons. The summed E-state index contributed by atoms with van der Waals surface area (Å²) in [6.07, 6.45) is 2.50. The van der Waals surface area contributed by atoms with Crippen molar-refractivity contribution >= 4 is 17.6 Å². The molecular formula is C13H15FN2O3. The minimum Gasteiger partial charge on any atom is -0.478 e. The number of nitrogens with one attached hydrogen (secondary N) is 2. The van der Waals surface area contributed by atoms with Gasteiger partial charge in [-0.05, 0) is 31.0 Å². The number of carboxylic acid groups (broad SMARTS) is 1. The zero-order valence-electron chi connectivity index (χ0n) is 10.3. The van der Waals surface area contributed by atoms with E-state index in [-0.39, 0.29) is 23.6 Å². The third-order valence-electron chi connectivity index (χ3n) is 2.85. The Morgan fingerprint density at radius 2 is 2.11 bits per heavy atom. The summed E-state index contributed by atoms with van der Waals surface area (Å²) in [7, 11) is 0. The van der Waals surface area contributed by atoms with Crippen LogP contribution in [0.2, 0.25) is 0 Å². The van der Waals surface area contributed by atoms with Gasteiger partial charge in [-0.1, -0.05) is 0 Å². The summed E-state index contributed by atoms with van der Waals surface area (Å²) in [6.45, 7) is 0.536. The Morgan fingerprint density at radius 1 is 1.37 bits per heavy atom. The first-order chi connectivity index (χ1) is 9.06. The Bertz CT molecular complexity index is 501. The first kappa shape index (κ1) is 13.5. The normalized spacial score (nSPS) is 14.2. The van der Waals surface area contributed by atoms with Crippen molar-refractivity contribution in [1.29, 1.82) is 0 Å². The molecule has 2 rings (SSSR count).